The summed E-state index contributed by atoms with van der Waals surface area (Å²) < 4.78 is 10.7. The van der Waals surface area contributed by atoms with Gasteiger partial charge in [-0.05, 0) is 48.4 Å². The molecule has 0 aliphatic carbocycles. The average Bonchev–Trinajstić information content (AvgIpc) is 2.54. The van der Waals surface area contributed by atoms with E-state index in [9.17, 15) is 0 Å². The van der Waals surface area contributed by atoms with E-state index < -0.39 is 0 Å². The zero-order valence-corrected chi connectivity index (χ0v) is 15.0. The Hall–Kier alpha value is -2.15. The van der Waals surface area contributed by atoms with Crippen LogP contribution in [0.4, 0.5) is 0 Å². The first-order valence-corrected chi connectivity index (χ1v) is 8.31. The maximum atomic E-state index is 8.50. The standard InChI is InChI=1S/C22H26N/c1-14(2)18-10-8-16(4)20(13-18)22-21-11-15(3)7-9-19(21)12-17(5)23(22)6/h7-14H,1-6H3/q+1/i12D. The third-order valence-electron chi connectivity index (χ3n) is 4.77. The Labute approximate surface area is 141 Å². The molecule has 1 aromatic heterocycles. The molecule has 1 heterocycles. The van der Waals surface area contributed by atoms with Gasteiger partial charge < -0.3 is 0 Å². The third kappa shape index (κ3) is 2.76. The Kier molecular flexibility index (Phi) is 3.65. The SMILES string of the molecule is [2H]c1c(C)[n+](C)c(-c2cc(C(C)C)ccc2C)c2cc(C)ccc12. The van der Waals surface area contributed by atoms with E-state index in [4.69, 9.17) is 1.37 Å². The highest BCUT2D eigenvalue weighted by atomic mass is 14.9. The lowest BCUT2D eigenvalue weighted by Gasteiger charge is -2.13. The van der Waals surface area contributed by atoms with Gasteiger partial charge in [0.2, 0.25) is 5.69 Å². The zero-order valence-electron chi connectivity index (χ0n) is 16.0. The molecule has 0 bridgehead atoms. The predicted octanol–water partition coefficient (Wildman–Crippen LogP) is 5.38. The van der Waals surface area contributed by atoms with Crippen molar-refractivity contribution in [2.24, 2.45) is 7.05 Å². The fourth-order valence-corrected chi connectivity index (χ4v) is 3.17. The minimum absolute atomic E-state index is 0.499. The highest BCUT2D eigenvalue weighted by molar-refractivity contribution is 5.94. The minimum atomic E-state index is 0.499. The first kappa shape index (κ1) is 14.4. The minimum Gasteiger partial charge on any atom is -0.198 e. The van der Waals surface area contributed by atoms with Crippen LogP contribution in [0.3, 0.4) is 0 Å². The van der Waals surface area contributed by atoms with E-state index in [-0.39, 0.29) is 0 Å². The summed E-state index contributed by atoms with van der Waals surface area (Å²) in [6, 6.07) is 13.8. The number of rotatable bonds is 2. The lowest BCUT2D eigenvalue weighted by atomic mass is 9.93. The Morgan fingerprint density at radius 3 is 2.43 bits per heavy atom. The van der Waals surface area contributed by atoms with Crippen LogP contribution in [0.5, 0.6) is 0 Å². The van der Waals surface area contributed by atoms with Gasteiger partial charge in [-0.2, -0.15) is 4.57 Å². The number of fused-ring (bicyclic) bond motifs is 1. The quantitative estimate of drug-likeness (QED) is 0.560. The Bertz CT molecular complexity index is 939. The summed E-state index contributed by atoms with van der Waals surface area (Å²) in [6.45, 7) is 10.8. The van der Waals surface area contributed by atoms with Crippen molar-refractivity contribution in [1.82, 2.24) is 0 Å². The van der Waals surface area contributed by atoms with Gasteiger partial charge in [0.15, 0.2) is 5.69 Å². The molecule has 1 nitrogen and oxygen atoms in total. The van der Waals surface area contributed by atoms with Crippen molar-refractivity contribution in [2.45, 2.75) is 40.5 Å². The molecule has 0 amide bonds. The van der Waals surface area contributed by atoms with E-state index in [1.807, 2.05) is 6.92 Å². The van der Waals surface area contributed by atoms with E-state index in [2.05, 4.69) is 75.7 Å². The average molecular weight is 305 g/mol. The number of benzene rings is 2. The molecule has 1 heteroatoms. The highest BCUT2D eigenvalue weighted by Crippen LogP contribution is 2.31. The summed E-state index contributed by atoms with van der Waals surface area (Å²) in [4.78, 5) is 0. The highest BCUT2D eigenvalue weighted by Gasteiger charge is 2.20. The van der Waals surface area contributed by atoms with Gasteiger partial charge in [0.1, 0.15) is 7.05 Å². The van der Waals surface area contributed by atoms with Crippen LogP contribution in [0, 0.1) is 20.8 Å². The second-order valence-electron chi connectivity index (χ2n) is 6.90. The summed E-state index contributed by atoms with van der Waals surface area (Å²) in [5.41, 5.74) is 7.32. The van der Waals surface area contributed by atoms with Gasteiger partial charge in [0, 0.05) is 18.5 Å². The molecule has 118 valence electrons. The van der Waals surface area contributed by atoms with E-state index in [1.165, 1.54) is 27.9 Å². The first-order chi connectivity index (χ1) is 11.3. The fraction of sp³-hybridized carbons (Fsp3) is 0.318. The molecule has 0 N–H and O–H groups in total. The van der Waals surface area contributed by atoms with Gasteiger partial charge >= 0.3 is 0 Å². The maximum absolute atomic E-state index is 8.50. The summed E-state index contributed by atoms with van der Waals surface area (Å²) >= 11 is 0. The Balaban J connectivity index is 2.46. The van der Waals surface area contributed by atoms with Gasteiger partial charge in [-0.3, -0.25) is 0 Å². The van der Waals surface area contributed by atoms with Crippen LogP contribution in [0.1, 0.15) is 43.5 Å². The molecular weight excluding hydrogens is 278 g/mol. The molecule has 0 aliphatic rings. The van der Waals surface area contributed by atoms with E-state index in [1.54, 1.807) is 0 Å². The van der Waals surface area contributed by atoms with Crippen molar-refractivity contribution in [1.29, 1.82) is 0 Å². The molecule has 0 saturated heterocycles. The lowest BCUT2D eigenvalue weighted by Crippen LogP contribution is -2.35. The number of aryl methyl sites for hydroxylation is 2. The molecule has 23 heavy (non-hydrogen) atoms. The molecule has 0 fully saturated rings. The second-order valence-corrected chi connectivity index (χ2v) is 6.90. The Morgan fingerprint density at radius 2 is 1.74 bits per heavy atom. The molecule has 0 spiro atoms. The van der Waals surface area contributed by atoms with Crippen molar-refractivity contribution in [3.8, 4) is 11.3 Å². The number of pyridine rings is 1. The number of hydrogen-bond donors (Lipinski definition) is 0. The van der Waals surface area contributed by atoms with E-state index in [0.717, 1.165) is 16.5 Å². The normalized spacial score (nSPS) is 12.0. The molecule has 0 saturated carbocycles. The van der Waals surface area contributed by atoms with Crippen LogP contribution < -0.4 is 4.57 Å². The van der Waals surface area contributed by atoms with Crippen molar-refractivity contribution in [3.05, 3.63) is 64.8 Å². The first-order valence-electron chi connectivity index (χ1n) is 8.81. The summed E-state index contributed by atoms with van der Waals surface area (Å²) in [7, 11) is 2.08. The number of nitrogens with zero attached hydrogens (tertiary/aromatic N) is 1. The van der Waals surface area contributed by atoms with Gasteiger partial charge in [-0.1, -0.05) is 43.7 Å². The Morgan fingerprint density at radius 1 is 1.00 bits per heavy atom. The molecular formula is C22H26N+. The van der Waals surface area contributed by atoms with Crippen molar-refractivity contribution < 1.29 is 5.94 Å². The summed E-state index contributed by atoms with van der Waals surface area (Å²) in [5.74, 6) is 0.499. The van der Waals surface area contributed by atoms with Crippen LogP contribution in [-0.2, 0) is 7.05 Å². The van der Waals surface area contributed by atoms with Crippen LogP contribution >= 0.6 is 0 Å². The van der Waals surface area contributed by atoms with Crippen LogP contribution in [0.2, 0.25) is 0 Å². The van der Waals surface area contributed by atoms with E-state index in [0.29, 0.717) is 12.0 Å². The van der Waals surface area contributed by atoms with E-state index >= 15 is 0 Å². The third-order valence-corrected chi connectivity index (χ3v) is 4.77. The van der Waals surface area contributed by atoms with Crippen LogP contribution in [0.25, 0.3) is 22.0 Å². The zero-order chi connectivity index (χ0) is 17.6. The topological polar surface area (TPSA) is 3.88 Å². The van der Waals surface area contributed by atoms with Gasteiger partial charge in [0.05, 0.1) is 6.76 Å². The molecule has 0 atom stereocenters. The monoisotopic (exact) mass is 305 g/mol. The molecule has 0 unspecified atom stereocenters. The van der Waals surface area contributed by atoms with Crippen LogP contribution in [0.15, 0.2) is 42.4 Å². The van der Waals surface area contributed by atoms with Gasteiger partial charge in [-0.25, -0.2) is 0 Å². The van der Waals surface area contributed by atoms with Crippen LogP contribution in [-0.4, -0.2) is 0 Å². The smallest absolute Gasteiger partial charge is 0.198 e. The van der Waals surface area contributed by atoms with Crippen molar-refractivity contribution in [2.75, 3.05) is 0 Å². The molecule has 2 aromatic carbocycles. The maximum Gasteiger partial charge on any atom is 0.220 e. The molecule has 0 aliphatic heterocycles. The summed E-state index contributed by atoms with van der Waals surface area (Å²) in [6.07, 6.45) is 0. The number of hydrogen-bond acceptors (Lipinski definition) is 0. The van der Waals surface area contributed by atoms with Crippen molar-refractivity contribution >= 4 is 10.8 Å². The summed E-state index contributed by atoms with van der Waals surface area (Å²) in [5, 5.41) is 2.19. The molecule has 3 rings (SSSR count). The molecule has 0 radical (unpaired) electrons. The van der Waals surface area contributed by atoms with Crippen molar-refractivity contribution in [3.63, 3.8) is 0 Å². The second kappa shape index (κ2) is 5.81. The number of aromatic nitrogens is 1. The predicted molar refractivity (Wildman–Crippen MR) is 98.9 cm³/mol. The lowest BCUT2D eigenvalue weighted by molar-refractivity contribution is -0.665. The van der Waals surface area contributed by atoms with Gasteiger partial charge in [-0.15, -0.1) is 0 Å². The fourth-order valence-electron chi connectivity index (χ4n) is 3.17. The largest absolute Gasteiger partial charge is 0.220 e. The van der Waals surface area contributed by atoms with Gasteiger partial charge in [0.25, 0.3) is 0 Å². The molecule has 3 aromatic rings.